The summed E-state index contributed by atoms with van der Waals surface area (Å²) >= 11 is 1.58. The van der Waals surface area contributed by atoms with Gasteiger partial charge in [-0.05, 0) is 60.3 Å². The number of hydrogen-bond acceptors (Lipinski definition) is 5. The molecule has 0 N–H and O–H groups in total. The van der Waals surface area contributed by atoms with E-state index in [-0.39, 0.29) is 0 Å². The molecule has 0 aliphatic carbocycles. The van der Waals surface area contributed by atoms with Gasteiger partial charge in [0.15, 0.2) is 10.8 Å². The maximum Gasteiger partial charge on any atom is 0.200 e. The van der Waals surface area contributed by atoms with E-state index in [9.17, 15) is 0 Å². The van der Waals surface area contributed by atoms with Crippen LogP contribution in [0.3, 0.4) is 0 Å². The third-order valence-electron chi connectivity index (χ3n) is 5.16. The van der Waals surface area contributed by atoms with Crippen LogP contribution in [0.4, 0.5) is 0 Å². The van der Waals surface area contributed by atoms with E-state index in [1.807, 2.05) is 72.8 Å². The van der Waals surface area contributed by atoms with Gasteiger partial charge in [-0.15, -0.1) is 10.2 Å². The van der Waals surface area contributed by atoms with Gasteiger partial charge in [0.2, 0.25) is 0 Å². The second kappa shape index (κ2) is 7.10. The summed E-state index contributed by atoms with van der Waals surface area (Å²) in [6, 6.07) is 16.4. The predicted molar refractivity (Wildman–Crippen MR) is 120 cm³/mol. The average Bonchev–Trinajstić information content (AvgIpc) is 3.55. The minimum atomic E-state index is 0.812. The van der Waals surface area contributed by atoms with Gasteiger partial charge < -0.3 is 4.57 Å². The number of hydrogen-bond donors (Lipinski definition) is 0. The van der Waals surface area contributed by atoms with Crippen molar-refractivity contribution < 1.29 is 0 Å². The first-order valence-corrected chi connectivity index (χ1v) is 10.6. The van der Waals surface area contributed by atoms with Gasteiger partial charge in [0.25, 0.3) is 0 Å². The molecule has 5 aromatic heterocycles. The van der Waals surface area contributed by atoms with E-state index in [4.69, 9.17) is 0 Å². The molecule has 8 heteroatoms. The van der Waals surface area contributed by atoms with Crippen LogP contribution < -0.4 is 0 Å². The number of rotatable bonds is 4. The molecular formula is C23H17N7S. The van der Waals surface area contributed by atoms with E-state index in [1.165, 1.54) is 0 Å². The zero-order valence-electron chi connectivity index (χ0n) is 16.6. The Labute approximate surface area is 182 Å². The van der Waals surface area contributed by atoms with Crippen LogP contribution in [0.25, 0.3) is 33.4 Å². The van der Waals surface area contributed by atoms with Gasteiger partial charge in [-0.25, -0.2) is 0 Å². The van der Waals surface area contributed by atoms with Crippen LogP contribution in [0.5, 0.6) is 0 Å². The molecule has 0 saturated carbocycles. The Morgan fingerprint density at radius 2 is 1.77 bits per heavy atom. The highest BCUT2D eigenvalue weighted by Gasteiger charge is 2.11. The monoisotopic (exact) mass is 423 g/mol. The molecule has 7 nitrogen and oxygen atoms in total. The van der Waals surface area contributed by atoms with E-state index in [2.05, 4.69) is 49.2 Å². The van der Waals surface area contributed by atoms with Crippen LogP contribution in [0, 0.1) is 0 Å². The van der Waals surface area contributed by atoms with Crippen molar-refractivity contribution in [2.75, 3.05) is 0 Å². The second-order valence-electron chi connectivity index (χ2n) is 7.27. The maximum absolute atomic E-state index is 4.60. The molecule has 0 aliphatic rings. The SMILES string of the molecule is Cn1cc(-c2ccc3nnc(Sc4ccc5ncc(-n6cccc6)cc5c4)n3c2)cn1. The molecule has 6 rings (SSSR count). The van der Waals surface area contributed by atoms with Crippen LogP contribution in [0.15, 0.2) is 95.8 Å². The Morgan fingerprint density at radius 3 is 2.61 bits per heavy atom. The summed E-state index contributed by atoms with van der Waals surface area (Å²) in [6.07, 6.45) is 11.8. The van der Waals surface area contributed by atoms with Crippen LogP contribution in [-0.2, 0) is 7.05 Å². The first-order chi connectivity index (χ1) is 15.2. The molecule has 0 fully saturated rings. The van der Waals surface area contributed by atoms with Crippen molar-refractivity contribution in [3.8, 4) is 16.8 Å². The molecule has 0 amide bonds. The van der Waals surface area contributed by atoms with Crippen molar-refractivity contribution >= 4 is 28.3 Å². The lowest BCUT2D eigenvalue weighted by Gasteiger charge is -2.06. The molecule has 1 aromatic carbocycles. The van der Waals surface area contributed by atoms with Crippen molar-refractivity contribution in [3.05, 3.63) is 85.7 Å². The second-order valence-corrected chi connectivity index (χ2v) is 8.31. The fourth-order valence-electron chi connectivity index (χ4n) is 3.60. The van der Waals surface area contributed by atoms with Gasteiger partial charge in [0.1, 0.15) is 0 Å². The molecule has 150 valence electrons. The standard InChI is InChI=1S/C23H17N7S/c1-28-14-18(12-25-28)16-4-7-22-26-27-23(30(22)15-16)31-20-5-6-21-17(11-20)10-19(13-24-21)29-8-2-3-9-29/h2-15H,1H3. The fourth-order valence-corrected chi connectivity index (χ4v) is 4.45. The maximum atomic E-state index is 4.60. The summed E-state index contributed by atoms with van der Waals surface area (Å²) in [5, 5.41) is 14.9. The first kappa shape index (κ1) is 17.9. The highest BCUT2D eigenvalue weighted by atomic mass is 32.2. The minimum Gasteiger partial charge on any atom is -0.322 e. The lowest BCUT2D eigenvalue weighted by atomic mass is 10.2. The van der Waals surface area contributed by atoms with E-state index in [0.717, 1.165) is 43.4 Å². The third kappa shape index (κ3) is 3.27. The van der Waals surface area contributed by atoms with E-state index < -0.39 is 0 Å². The Morgan fingerprint density at radius 1 is 0.871 bits per heavy atom. The summed E-state index contributed by atoms with van der Waals surface area (Å²) in [5.41, 5.74) is 4.94. The highest BCUT2D eigenvalue weighted by molar-refractivity contribution is 7.99. The third-order valence-corrected chi connectivity index (χ3v) is 6.11. The highest BCUT2D eigenvalue weighted by Crippen LogP contribution is 2.30. The summed E-state index contributed by atoms with van der Waals surface area (Å²) in [4.78, 5) is 5.68. The molecule has 0 atom stereocenters. The lowest BCUT2D eigenvalue weighted by molar-refractivity contribution is 0.768. The smallest absolute Gasteiger partial charge is 0.200 e. The largest absolute Gasteiger partial charge is 0.322 e. The van der Waals surface area contributed by atoms with Crippen LogP contribution >= 0.6 is 11.8 Å². The summed E-state index contributed by atoms with van der Waals surface area (Å²) in [7, 11) is 1.92. The molecule has 0 unspecified atom stereocenters. The van der Waals surface area contributed by atoms with Crippen molar-refractivity contribution in [1.82, 2.24) is 33.9 Å². The van der Waals surface area contributed by atoms with Crippen molar-refractivity contribution in [3.63, 3.8) is 0 Å². The van der Waals surface area contributed by atoms with Gasteiger partial charge in [0, 0.05) is 53.2 Å². The van der Waals surface area contributed by atoms with Crippen molar-refractivity contribution in [2.24, 2.45) is 7.05 Å². The zero-order chi connectivity index (χ0) is 20.8. The molecule has 6 aromatic rings. The summed E-state index contributed by atoms with van der Waals surface area (Å²) in [5.74, 6) is 0. The molecule has 0 spiro atoms. The molecule has 0 bridgehead atoms. The zero-order valence-corrected chi connectivity index (χ0v) is 17.4. The molecule has 0 saturated heterocycles. The summed E-state index contributed by atoms with van der Waals surface area (Å²) in [6.45, 7) is 0. The average molecular weight is 424 g/mol. The molecule has 0 radical (unpaired) electrons. The van der Waals surface area contributed by atoms with Gasteiger partial charge in [-0.2, -0.15) is 5.10 Å². The molecular weight excluding hydrogens is 406 g/mol. The van der Waals surface area contributed by atoms with Crippen LogP contribution in [0.2, 0.25) is 0 Å². The Bertz CT molecular complexity index is 1530. The Kier molecular flexibility index (Phi) is 4.10. The quantitative estimate of drug-likeness (QED) is 0.414. The molecule has 0 aliphatic heterocycles. The van der Waals surface area contributed by atoms with E-state index >= 15 is 0 Å². The van der Waals surface area contributed by atoms with Gasteiger partial charge >= 0.3 is 0 Å². The normalized spacial score (nSPS) is 11.5. The topological polar surface area (TPSA) is 65.8 Å². The Balaban J connectivity index is 1.37. The number of nitrogens with zero attached hydrogens (tertiary/aromatic N) is 7. The molecule has 5 heterocycles. The summed E-state index contributed by atoms with van der Waals surface area (Å²) < 4.78 is 5.87. The fraction of sp³-hybridized carbons (Fsp3) is 0.0435. The predicted octanol–water partition coefficient (Wildman–Crippen LogP) is 4.62. The number of benzene rings is 1. The first-order valence-electron chi connectivity index (χ1n) is 9.78. The van der Waals surface area contributed by atoms with Crippen LogP contribution in [0.1, 0.15) is 0 Å². The minimum absolute atomic E-state index is 0.812. The van der Waals surface area contributed by atoms with Gasteiger partial charge in [-0.1, -0.05) is 0 Å². The lowest BCUT2D eigenvalue weighted by Crippen LogP contribution is -1.92. The van der Waals surface area contributed by atoms with E-state index in [0.29, 0.717) is 0 Å². The van der Waals surface area contributed by atoms with Gasteiger partial charge in [0.05, 0.1) is 23.6 Å². The Hall–Kier alpha value is -3.91. The molecule has 31 heavy (non-hydrogen) atoms. The number of fused-ring (bicyclic) bond motifs is 2. The number of aryl methyl sites for hydroxylation is 1. The van der Waals surface area contributed by atoms with Crippen molar-refractivity contribution in [1.29, 1.82) is 0 Å². The van der Waals surface area contributed by atoms with E-state index in [1.54, 1.807) is 16.4 Å². The van der Waals surface area contributed by atoms with Crippen LogP contribution in [-0.4, -0.2) is 33.9 Å². The van der Waals surface area contributed by atoms with Crippen molar-refractivity contribution in [2.45, 2.75) is 10.1 Å². The number of aromatic nitrogens is 7. The number of pyridine rings is 2. The van der Waals surface area contributed by atoms with Gasteiger partial charge in [-0.3, -0.25) is 14.1 Å².